The molecule has 35 heavy (non-hydrogen) atoms. The van der Waals surface area contributed by atoms with Crippen molar-refractivity contribution < 1.29 is 4.79 Å². The number of hydrogen-bond acceptors (Lipinski definition) is 6. The van der Waals surface area contributed by atoms with Gasteiger partial charge in [0.15, 0.2) is 11.6 Å². The molecule has 1 amide bonds. The molecule has 5 aromatic rings. The van der Waals surface area contributed by atoms with Crippen molar-refractivity contribution in [3.05, 3.63) is 63.5 Å². The number of nitrogens with one attached hydrogen (secondary N) is 1. The minimum absolute atomic E-state index is 0.193. The first-order valence-electron chi connectivity index (χ1n) is 11.3. The maximum absolute atomic E-state index is 13.7. The second-order valence-corrected chi connectivity index (χ2v) is 9.53. The Bertz CT molecular complexity index is 1600. The first kappa shape index (κ1) is 23.0. The fraction of sp³-hybridized carbons (Fsp3) is 0.240. The molecule has 5 rings (SSSR count). The molecule has 3 N–H and O–H groups in total. The molecule has 178 valence electrons. The number of nitrogens with two attached hydrogens (primary N) is 1. The zero-order valence-electron chi connectivity index (χ0n) is 19.9. The van der Waals surface area contributed by atoms with Crippen molar-refractivity contribution in [3.63, 3.8) is 0 Å². The number of carbonyl (C=O) groups is 1. The van der Waals surface area contributed by atoms with Crippen molar-refractivity contribution in [2.75, 3.05) is 12.8 Å². The molecule has 0 aliphatic carbocycles. The monoisotopic (exact) mass is 532 g/mol. The molecule has 0 aliphatic rings. The Labute approximate surface area is 210 Å². The molecular weight excluding hydrogens is 508 g/mol. The second kappa shape index (κ2) is 8.77. The molecule has 3 heterocycles. The third-order valence-electron chi connectivity index (χ3n) is 6.30. The van der Waals surface area contributed by atoms with Crippen LogP contribution in [-0.2, 0) is 13.1 Å². The van der Waals surface area contributed by atoms with Gasteiger partial charge >= 0.3 is 0 Å². The van der Waals surface area contributed by atoms with Gasteiger partial charge in [0.05, 0.1) is 17.2 Å². The maximum atomic E-state index is 13.7. The average Bonchev–Trinajstić information content (AvgIpc) is 3.38. The molecular formula is C25H25BrN8O. The van der Waals surface area contributed by atoms with Gasteiger partial charge in [-0.05, 0) is 56.7 Å². The minimum Gasteiger partial charge on any atom is -0.382 e. The van der Waals surface area contributed by atoms with Crippen LogP contribution in [0.3, 0.4) is 0 Å². The first-order chi connectivity index (χ1) is 16.8. The van der Waals surface area contributed by atoms with Gasteiger partial charge in [-0.3, -0.25) is 14.6 Å². The van der Waals surface area contributed by atoms with Crippen LogP contribution in [0.2, 0.25) is 0 Å². The summed E-state index contributed by atoms with van der Waals surface area (Å²) in [4.78, 5) is 25.0. The van der Waals surface area contributed by atoms with Gasteiger partial charge < -0.3 is 10.6 Å². The highest BCUT2D eigenvalue weighted by Gasteiger charge is 2.22. The number of nitrogens with zero attached hydrogens (tertiary/aromatic N) is 6. The summed E-state index contributed by atoms with van der Waals surface area (Å²) < 4.78 is 2.77. The van der Waals surface area contributed by atoms with E-state index in [4.69, 9.17) is 15.7 Å². The summed E-state index contributed by atoms with van der Waals surface area (Å²) in [6.07, 6.45) is 1.82. The number of aromatic nitrogens is 6. The van der Waals surface area contributed by atoms with Crippen LogP contribution in [0.1, 0.15) is 34.2 Å². The topological polar surface area (TPSA) is 119 Å². The number of amides is 1. The largest absolute Gasteiger partial charge is 0.382 e. The number of H-pyrrole nitrogens is 1. The summed E-state index contributed by atoms with van der Waals surface area (Å²) in [6, 6.07) is 9.56. The smallest absolute Gasteiger partial charge is 0.273 e. The molecule has 0 bridgehead atoms. The molecule has 3 aromatic heterocycles. The van der Waals surface area contributed by atoms with E-state index < -0.39 is 0 Å². The van der Waals surface area contributed by atoms with Crippen LogP contribution in [0, 0.1) is 13.8 Å². The zero-order chi connectivity index (χ0) is 24.9. The normalized spacial score (nSPS) is 11.5. The van der Waals surface area contributed by atoms with Crippen molar-refractivity contribution in [2.24, 2.45) is 0 Å². The van der Waals surface area contributed by atoms with Crippen LogP contribution >= 0.6 is 15.9 Å². The molecule has 0 saturated heterocycles. The summed E-state index contributed by atoms with van der Waals surface area (Å²) in [5.74, 6) is 0.679. The highest BCUT2D eigenvalue weighted by molar-refractivity contribution is 9.10. The van der Waals surface area contributed by atoms with Crippen LogP contribution in [0.25, 0.3) is 33.2 Å². The van der Waals surface area contributed by atoms with E-state index in [-0.39, 0.29) is 5.91 Å². The predicted octanol–water partition coefficient (Wildman–Crippen LogP) is 4.62. The number of anilines is 1. The van der Waals surface area contributed by atoms with Gasteiger partial charge in [0.25, 0.3) is 5.91 Å². The summed E-state index contributed by atoms with van der Waals surface area (Å²) in [7, 11) is 1.78. The van der Waals surface area contributed by atoms with E-state index in [1.807, 2.05) is 62.0 Å². The summed E-state index contributed by atoms with van der Waals surface area (Å²) in [5.41, 5.74) is 11.7. The van der Waals surface area contributed by atoms with Gasteiger partial charge in [0.2, 0.25) is 0 Å². The highest BCUT2D eigenvalue weighted by atomic mass is 79.9. The number of fused-ring (bicyclic) bond motifs is 2. The lowest BCUT2D eigenvalue weighted by Gasteiger charge is -2.18. The molecule has 0 unspecified atom stereocenters. The number of benzene rings is 2. The van der Waals surface area contributed by atoms with Gasteiger partial charge in [-0.25, -0.2) is 9.97 Å². The summed E-state index contributed by atoms with van der Waals surface area (Å²) in [6.45, 7) is 7.24. The van der Waals surface area contributed by atoms with Gasteiger partial charge in [0.1, 0.15) is 5.69 Å². The third-order valence-corrected chi connectivity index (χ3v) is 6.79. The summed E-state index contributed by atoms with van der Waals surface area (Å²) >= 11 is 3.52. The van der Waals surface area contributed by atoms with Gasteiger partial charge in [-0.1, -0.05) is 15.9 Å². The summed E-state index contributed by atoms with van der Waals surface area (Å²) in [5, 5.41) is 12.9. The first-order valence-corrected chi connectivity index (χ1v) is 12.0. The van der Waals surface area contributed by atoms with Crippen LogP contribution < -0.4 is 5.73 Å². The molecule has 0 atom stereocenters. The maximum Gasteiger partial charge on any atom is 0.273 e. The van der Waals surface area contributed by atoms with Crippen molar-refractivity contribution in [2.45, 2.75) is 33.9 Å². The fourth-order valence-corrected chi connectivity index (χ4v) is 4.65. The van der Waals surface area contributed by atoms with E-state index in [0.29, 0.717) is 34.8 Å². The van der Waals surface area contributed by atoms with E-state index in [2.05, 4.69) is 31.2 Å². The highest BCUT2D eigenvalue weighted by Crippen LogP contribution is 2.31. The molecule has 10 heteroatoms. The third kappa shape index (κ3) is 4.03. The Kier molecular flexibility index (Phi) is 5.76. The quantitative estimate of drug-likeness (QED) is 0.340. The van der Waals surface area contributed by atoms with Crippen LogP contribution in [-0.4, -0.2) is 47.8 Å². The van der Waals surface area contributed by atoms with Crippen LogP contribution in [0.4, 0.5) is 5.82 Å². The van der Waals surface area contributed by atoms with Crippen molar-refractivity contribution >= 4 is 49.5 Å². The zero-order valence-corrected chi connectivity index (χ0v) is 21.5. The lowest BCUT2D eigenvalue weighted by atomic mass is 10.0. The number of rotatable bonds is 5. The minimum atomic E-state index is -0.193. The van der Waals surface area contributed by atoms with E-state index in [1.54, 1.807) is 11.9 Å². The molecule has 0 radical (unpaired) electrons. The second-order valence-electron chi connectivity index (χ2n) is 8.61. The van der Waals surface area contributed by atoms with Gasteiger partial charge in [-0.15, -0.1) is 0 Å². The van der Waals surface area contributed by atoms with Crippen LogP contribution in [0.5, 0.6) is 0 Å². The lowest BCUT2D eigenvalue weighted by Crippen LogP contribution is -2.28. The number of halogens is 1. The fourth-order valence-electron chi connectivity index (χ4n) is 4.29. The molecule has 2 aromatic carbocycles. The molecule has 0 saturated carbocycles. The molecule has 0 aliphatic heterocycles. The molecule has 0 spiro atoms. The Morgan fingerprint density at radius 2 is 1.97 bits per heavy atom. The van der Waals surface area contributed by atoms with E-state index in [1.165, 1.54) is 0 Å². The molecule has 0 fully saturated rings. The Hall–Kier alpha value is -3.79. The average molecular weight is 533 g/mol. The van der Waals surface area contributed by atoms with E-state index in [9.17, 15) is 4.79 Å². The number of carbonyl (C=O) groups excluding carboxylic acids is 1. The van der Waals surface area contributed by atoms with Crippen molar-refractivity contribution in [1.29, 1.82) is 0 Å². The van der Waals surface area contributed by atoms with E-state index >= 15 is 0 Å². The van der Waals surface area contributed by atoms with E-state index in [0.717, 1.165) is 44.3 Å². The lowest BCUT2D eigenvalue weighted by molar-refractivity contribution is 0.0781. The standard InChI is InChI=1S/C25H25BrN8O/c1-5-34-14(3)15(11-28-34)12-33(4)25(35)22-18-9-16(26)6-7-20(18)29-24(30-22)17-10-19-21(8-13(17)2)31-32-23(19)27/h6-11H,5,12H2,1-4H3,(H3,27,31,32). The number of nitrogen functional groups attached to an aromatic ring is 1. The SMILES string of the molecule is CCn1ncc(CN(C)C(=O)c2nc(-c3cc4c(N)n[nH]c4cc3C)nc3ccc(Br)cc23)c1C. The number of aromatic amines is 1. The Morgan fingerprint density at radius 1 is 1.17 bits per heavy atom. The Balaban J connectivity index is 1.62. The van der Waals surface area contributed by atoms with Crippen LogP contribution in [0.15, 0.2) is 41.0 Å². The number of aryl methyl sites for hydroxylation is 2. The van der Waals surface area contributed by atoms with Crippen molar-refractivity contribution in [3.8, 4) is 11.4 Å². The molecule has 9 nitrogen and oxygen atoms in total. The Morgan fingerprint density at radius 3 is 2.71 bits per heavy atom. The number of hydrogen-bond donors (Lipinski definition) is 2. The predicted molar refractivity (Wildman–Crippen MR) is 140 cm³/mol. The van der Waals surface area contributed by atoms with Gasteiger partial charge in [0, 0.05) is 52.2 Å². The van der Waals surface area contributed by atoms with Gasteiger partial charge in [-0.2, -0.15) is 10.2 Å². The van der Waals surface area contributed by atoms with Crippen molar-refractivity contribution in [1.82, 2.24) is 34.8 Å².